The molecule has 0 aromatic rings. The van der Waals surface area contributed by atoms with Crippen LogP contribution < -0.4 is 0 Å². The van der Waals surface area contributed by atoms with Gasteiger partial charge in [0.25, 0.3) is 0 Å². The summed E-state index contributed by atoms with van der Waals surface area (Å²) in [6.45, 7) is 0. The monoisotopic (exact) mass is 294 g/mol. The summed E-state index contributed by atoms with van der Waals surface area (Å²) >= 11 is 23.2. The smallest absolute Gasteiger partial charge is 0.323 e. The van der Waals surface area contributed by atoms with Crippen molar-refractivity contribution in [1.29, 1.82) is 0 Å². The highest BCUT2D eigenvalue weighted by Gasteiger charge is 2.21. The van der Waals surface area contributed by atoms with Gasteiger partial charge in [-0.1, -0.05) is 0 Å². The average Bonchev–Trinajstić information content (AvgIpc) is 2.16. The molecule has 0 N–H and O–H groups in total. The summed E-state index contributed by atoms with van der Waals surface area (Å²) in [6.07, 6.45) is 1.62. The first-order valence-corrected chi connectivity index (χ1v) is 6.41. The van der Waals surface area contributed by atoms with Crippen molar-refractivity contribution in [3.63, 3.8) is 0 Å². The molecule has 6 heteroatoms. The van der Waals surface area contributed by atoms with Crippen molar-refractivity contribution in [3.05, 3.63) is 0 Å². The van der Waals surface area contributed by atoms with E-state index in [1.165, 1.54) is 7.11 Å². The van der Waals surface area contributed by atoms with Gasteiger partial charge in [0.05, 0.1) is 7.11 Å². The summed E-state index contributed by atoms with van der Waals surface area (Å²) in [5.74, 6) is 0.0322. The predicted molar refractivity (Wildman–Crippen MR) is 65.5 cm³/mol. The predicted octanol–water partition coefficient (Wildman–Crippen LogP) is 3.39. The van der Waals surface area contributed by atoms with Gasteiger partial charge < -0.3 is 4.74 Å². The zero-order valence-electron chi connectivity index (χ0n) is 8.39. The lowest BCUT2D eigenvalue weighted by Gasteiger charge is -2.15. The van der Waals surface area contributed by atoms with Gasteiger partial charge in [0, 0.05) is 16.6 Å². The maximum Gasteiger partial charge on any atom is 0.323 e. The summed E-state index contributed by atoms with van der Waals surface area (Å²) in [7, 11) is 1.29. The van der Waals surface area contributed by atoms with Gasteiger partial charge in [0.15, 0.2) is 0 Å². The second kappa shape index (κ2) is 8.74. The maximum atomic E-state index is 11.0. The average molecular weight is 296 g/mol. The molecule has 15 heavy (non-hydrogen) atoms. The zero-order chi connectivity index (χ0) is 11.8. The Morgan fingerprint density at radius 1 is 1.20 bits per heavy atom. The van der Waals surface area contributed by atoms with Crippen LogP contribution in [0.15, 0.2) is 0 Å². The fourth-order valence-corrected chi connectivity index (χ4v) is 2.64. The van der Waals surface area contributed by atoms with E-state index < -0.39 is 11.3 Å². The van der Waals surface area contributed by atoms with E-state index >= 15 is 0 Å². The van der Waals surface area contributed by atoms with E-state index in [2.05, 4.69) is 4.74 Å². The van der Waals surface area contributed by atoms with Crippen molar-refractivity contribution in [2.24, 2.45) is 0 Å². The highest BCUT2D eigenvalue weighted by atomic mass is 35.5. The number of alkyl halides is 4. The summed E-state index contributed by atoms with van der Waals surface area (Å²) in [5, 5.41) is -1.03. The van der Waals surface area contributed by atoms with Crippen LogP contribution in [0.4, 0.5) is 0 Å². The highest BCUT2D eigenvalue weighted by molar-refractivity contribution is 6.31. The standard InChI is InChI=1S/C9H14Cl4O2/c1-15-9(14)8(13)5-7(12)4-6(11)2-3-10/h6-8H,2-5H2,1H3. The Labute approximate surface area is 110 Å². The third-order valence-corrected chi connectivity index (χ3v) is 3.18. The van der Waals surface area contributed by atoms with Crippen molar-refractivity contribution in [2.75, 3.05) is 13.0 Å². The van der Waals surface area contributed by atoms with E-state index in [1.54, 1.807) is 0 Å². The van der Waals surface area contributed by atoms with Crippen LogP contribution in [0.1, 0.15) is 19.3 Å². The number of hydrogen-bond acceptors (Lipinski definition) is 2. The number of methoxy groups -OCH3 is 1. The minimum Gasteiger partial charge on any atom is -0.468 e. The number of carbonyl (C=O) groups is 1. The molecule has 0 aromatic heterocycles. The Morgan fingerprint density at radius 2 is 1.80 bits per heavy atom. The second-order valence-corrected chi connectivity index (χ2v) is 5.27. The largest absolute Gasteiger partial charge is 0.468 e. The van der Waals surface area contributed by atoms with Crippen LogP contribution in [-0.4, -0.2) is 35.1 Å². The van der Waals surface area contributed by atoms with E-state index in [0.29, 0.717) is 25.1 Å². The van der Waals surface area contributed by atoms with Crippen molar-refractivity contribution in [1.82, 2.24) is 0 Å². The molecule has 0 aliphatic heterocycles. The second-order valence-electron chi connectivity index (χ2n) is 3.13. The zero-order valence-corrected chi connectivity index (χ0v) is 11.4. The van der Waals surface area contributed by atoms with Crippen LogP contribution in [0, 0.1) is 0 Å². The van der Waals surface area contributed by atoms with E-state index in [4.69, 9.17) is 46.4 Å². The Bertz CT molecular complexity index is 189. The summed E-state index contributed by atoms with van der Waals surface area (Å²) in [4.78, 5) is 11.0. The number of rotatable bonds is 7. The molecule has 0 spiro atoms. The van der Waals surface area contributed by atoms with Crippen LogP contribution in [0.25, 0.3) is 0 Å². The molecular weight excluding hydrogens is 282 g/mol. The summed E-state index contributed by atoms with van der Waals surface area (Å²) in [6, 6.07) is 0. The Morgan fingerprint density at radius 3 is 2.27 bits per heavy atom. The fraction of sp³-hybridized carbons (Fsp3) is 0.889. The lowest BCUT2D eigenvalue weighted by molar-refractivity contribution is -0.140. The van der Waals surface area contributed by atoms with Gasteiger partial charge in [-0.3, -0.25) is 4.79 Å². The Hall–Kier alpha value is 0.630. The van der Waals surface area contributed by atoms with E-state index in [9.17, 15) is 4.79 Å². The highest BCUT2D eigenvalue weighted by Crippen LogP contribution is 2.21. The lowest BCUT2D eigenvalue weighted by atomic mass is 10.1. The van der Waals surface area contributed by atoms with Crippen molar-refractivity contribution in [3.8, 4) is 0 Å². The Kier molecular flexibility index (Phi) is 9.11. The minimum absolute atomic E-state index is 0.0773. The summed E-state index contributed by atoms with van der Waals surface area (Å²) in [5.41, 5.74) is 0. The molecule has 0 saturated carbocycles. The molecule has 0 radical (unpaired) electrons. The van der Waals surface area contributed by atoms with E-state index in [-0.39, 0.29) is 10.8 Å². The topological polar surface area (TPSA) is 26.3 Å². The first kappa shape index (κ1) is 15.6. The first-order valence-electron chi connectivity index (χ1n) is 4.57. The molecule has 0 fully saturated rings. The first-order chi connectivity index (χ1) is 7.01. The van der Waals surface area contributed by atoms with Crippen LogP contribution in [0.5, 0.6) is 0 Å². The number of hydrogen-bond donors (Lipinski definition) is 0. The molecule has 90 valence electrons. The molecule has 0 aromatic carbocycles. The van der Waals surface area contributed by atoms with Gasteiger partial charge in [-0.25, -0.2) is 0 Å². The van der Waals surface area contributed by atoms with Crippen LogP contribution in [-0.2, 0) is 9.53 Å². The molecule has 0 aliphatic rings. The third-order valence-electron chi connectivity index (χ3n) is 1.85. The van der Waals surface area contributed by atoms with Crippen LogP contribution in [0.3, 0.4) is 0 Å². The van der Waals surface area contributed by atoms with E-state index in [0.717, 1.165) is 0 Å². The molecule has 3 unspecified atom stereocenters. The van der Waals surface area contributed by atoms with Gasteiger partial charge in [-0.15, -0.1) is 46.4 Å². The SMILES string of the molecule is COC(=O)C(Cl)CC(Cl)CC(Cl)CCCl. The minimum atomic E-state index is -0.711. The molecule has 2 nitrogen and oxygen atoms in total. The molecule has 0 rings (SSSR count). The Balaban J connectivity index is 3.81. The molecule has 0 amide bonds. The van der Waals surface area contributed by atoms with Gasteiger partial charge >= 0.3 is 5.97 Å². The maximum absolute atomic E-state index is 11.0. The molecule has 0 saturated heterocycles. The quantitative estimate of drug-likeness (QED) is 0.532. The normalized spacial score (nSPS) is 16.9. The van der Waals surface area contributed by atoms with Gasteiger partial charge in [0.1, 0.15) is 5.38 Å². The number of halogens is 4. The van der Waals surface area contributed by atoms with Crippen molar-refractivity contribution < 1.29 is 9.53 Å². The van der Waals surface area contributed by atoms with Gasteiger partial charge in [0.2, 0.25) is 0 Å². The van der Waals surface area contributed by atoms with Crippen molar-refractivity contribution >= 4 is 52.4 Å². The molecule has 3 atom stereocenters. The molecule has 0 aliphatic carbocycles. The molecule has 0 heterocycles. The number of ether oxygens (including phenoxy) is 1. The van der Waals surface area contributed by atoms with E-state index in [1.807, 2.05) is 0 Å². The molecule has 0 bridgehead atoms. The lowest BCUT2D eigenvalue weighted by Crippen LogP contribution is -2.21. The molecular formula is C9H14Cl4O2. The van der Waals surface area contributed by atoms with Gasteiger partial charge in [-0.2, -0.15) is 0 Å². The summed E-state index contributed by atoms with van der Waals surface area (Å²) < 4.78 is 4.48. The van der Waals surface area contributed by atoms with Crippen molar-refractivity contribution in [2.45, 2.75) is 35.4 Å². The van der Waals surface area contributed by atoms with Crippen LogP contribution >= 0.6 is 46.4 Å². The van der Waals surface area contributed by atoms with Gasteiger partial charge in [-0.05, 0) is 19.3 Å². The third kappa shape index (κ3) is 7.51. The number of carbonyl (C=O) groups excluding carboxylic acids is 1. The fourth-order valence-electron chi connectivity index (χ4n) is 1.06. The number of esters is 1. The van der Waals surface area contributed by atoms with Crippen LogP contribution in [0.2, 0.25) is 0 Å².